The molecule has 0 radical (unpaired) electrons. The van der Waals surface area contributed by atoms with Gasteiger partial charge in [0.1, 0.15) is 12.6 Å². The Bertz CT molecular complexity index is 1470. The number of ether oxygens (including phenoxy) is 2. The van der Waals surface area contributed by atoms with Crippen molar-refractivity contribution in [2.45, 2.75) is 44.2 Å². The van der Waals surface area contributed by atoms with Crippen LogP contribution in [-0.2, 0) is 26.2 Å². The highest BCUT2D eigenvalue weighted by Gasteiger charge is 2.33. The summed E-state index contributed by atoms with van der Waals surface area (Å²) >= 11 is 12.9. The van der Waals surface area contributed by atoms with E-state index in [0.717, 1.165) is 17.1 Å². The molecule has 0 aromatic heterocycles. The van der Waals surface area contributed by atoms with Crippen molar-refractivity contribution in [3.8, 4) is 11.5 Å². The van der Waals surface area contributed by atoms with Gasteiger partial charge in [0.2, 0.25) is 11.8 Å². The Morgan fingerprint density at radius 3 is 2.17 bits per heavy atom. The van der Waals surface area contributed by atoms with Gasteiger partial charge in [0.25, 0.3) is 10.0 Å². The van der Waals surface area contributed by atoms with Gasteiger partial charge >= 0.3 is 0 Å². The second-order valence-electron chi connectivity index (χ2n) is 9.41. The second kappa shape index (κ2) is 15.1. The molecule has 0 saturated heterocycles. The summed E-state index contributed by atoms with van der Waals surface area (Å²) in [6.45, 7) is 3.28. The number of methoxy groups -OCH3 is 2. The first-order valence-corrected chi connectivity index (χ1v) is 15.5. The summed E-state index contributed by atoms with van der Waals surface area (Å²) < 4.78 is 39.6. The van der Waals surface area contributed by atoms with Crippen LogP contribution < -0.4 is 19.1 Å². The van der Waals surface area contributed by atoms with Gasteiger partial charge in [-0.15, -0.1) is 0 Å². The molecule has 3 rings (SSSR count). The minimum atomic E-state index is -4.24. The average Bonchev–Trinajstić information content (AvgIpc) is 2.99. The summed E-state index contributed by atoms with van der Waals surface area (Å²) in [6.07, 6.45) is 1.65. The normalized spacial score (nSPS) is 11.9. The predicted octanol–water partition coefficient (Wildman–Crippen LogP) is 5.54. The summed E-state index contributed by atoms with van der Waals surface area (Å²) in [4.78, 5) is 28.5. The molecule has 3 aromatic rings. The van der Waals surface area contributed by atoms with Crippen molar-refractivity contribution >= 4 is 50.7 Å². The molecular formula is C30H35Cl2N3O6S. The van der Waals surface area contributed by atoms with E-state index in [1.54, 1.807) is 49.4 Å². The summed E-state index contributed by atoms with van der Waals surface area (Å²) in [5, 5.41) is 3.47. The number of amides is 2. The Morgan fingerprint density at radius 1 is 0.929 bits per heavy atom. The van der Waals surface area contributed by atoms with E-state index < -0.39 is 28.5 Å². The Hall–Kier alpha value is -3.47. The third kappa shape index (κ3) is 7.87. The molecule has 1 N–H and O–H groups in total. The van der Waals surface area contributed by atoms with E-state index in [9.17, 15) is 18.0 Å². The summed E-state index contributed by atoms with van der Waals surface area (Å²) in [5.74, 6) is -0.363. The maximum atomic E-state index is 14.1. The number of unbranched alkanes of at least 4 members (excludes halogenated alkanes) is 1. The number of hydrogen-bond donors (Lipinski definition) is 1. The van der Waals surface area contributed by atoms with E-state index in [2.05, 4.69) is 5.32 Å². The van der Waals surface area contributed by atoms with Gasteiger partial charge in [-0.05, 0) is 49.7 Å². The van der Waals surface area contributed by atoms with Crippen molar-refractivity contribution in [2.24, 2.45) is 0 Å². The molecule has 9 nitrogen and oxygen atoms in total. The molecule has 12 heteroatoms. The van der Waals surface area contributed by atoms with Gasteiger partial charge in [-0.1, -0.05) is 60.8 Å². The molecule has 1 unspecified atom stereocenters. The first-order valence-electron chi connectivity index (χ1n) is 13.3. The molecule has 0 aliphatic heterocycles. The molecule has 3 aromatic carbocycles. The van der Waals surface area contributed by atoms with E-state index >= 15 is 0 Å². The Morgan fingerprint density at radius 2 is 1.57 bits per heavy atom. The molecular weight excluding hydrogens is 601 g/mol. The van der Waals surface area contributed by atoms with E-state index in [-0.39, 0.29) is 28.8 Å². The molecule has 2 amide bonds. The monoisotopic (exact) mass is 635 g/mol. The van der Waals surface area contributed by atoms with E-state index in [0.29, 0.717) is 27.9 Å². The lowest BCUT2D eigenvalue weighted by atomic mass is 10.1. The van der Waals surface area contributed by atoms with Crippen LogP contribution in [0.25, 0.3) is 0 Å². The van der Waals surface area contributed by atoms with Gasteiger partial charge in [-0.2, -0.15) is 0 Å². The number of anilines is 1. The van der Waals surface area contributed by atoms with Crippen LogP contribution in [0, 0.1) is 0 Å². The third-order valence-electron chi connectivity index (χ3n) is 6.65. The zero-order valence-corrected chi connectivity index (χ0v) is 26.3. The van der Waals surface area contributed by atoms with Crippen molar-refractivity contribution in [3.63, 3.8) is 0 Å². The molecule has 0 fully saturated rings. The fourth-order valence-corrected chi connectivity index (χ4v) is 6.14. The van der Waals surface area contributed by atoms with Gasteiger partial charge in [-0.3, -0.25) is 13.9 Å². The van der Waals surface area contributed by atoms with E-state index in [4.69, 9.17) is 32.7 Å². The number of sulfonamides is 1. The molecule has 0 heterocycles. The van der Waals surface area contributed by atoms with Crippen LogP contribution in [0.1, 0.15) is 32.3 Å². The molecule has 1 atom stereocenters. The molecule has 0 aliphatic rings. The van der Waals surface area contributed by atoms with Crippen LogP contribution in [0.2, 0.25) is 10.0 Å². The fraction of sp³-hybridized carbons (Fsp3) is 0.333. The first kappa shape index (κ1) is 33.0. The Labute approximate surface area is 257 Å². The minimum Gasteiger partial charge on any atom is -0.493 e. The molecule has 0 aliphatic carbocycles. The van der Waals surface area contributed by atoms with Gasteiger partial charge in [0.05, 0.1) is 24.8 Å². The molecule has 0 saturated carbocycles. The number of nitrogens with one attached hydrogen (secondary N) is 1. The minimum absolute atomic E-state index is 0.0151. The zero-order valence-electron chi connectivity index (χ0n) is 24.0. The maximum absolute atomic E-state index is 14.1. The highest BCUT2D eigenvalue weighted by Crippen LogP contribution is 2.34. The van der Waals surface area contributed by atoms with Gasteiger partial charge in [-0.25, -0.2) is 8.42 Å². The largest absolute Gasteiger partial charge is 0.493 e. The molecule has 42 heavy (non-hydrogen) atoms. The summed E-state index contributed by atoms with van der Waals surface area (Å²) in [7, 11) is -1.35. The SMILES string of the molecule is CCCCNC(=O)C(C)N(Cc1c(Cl)cccc1Cl)C(=O)CN(c1ccc(OC)c(OC)c1)S(=O)(=O)c1ccccc1. The molecule has 226 valence electrons. The van der Waals surface area contributed by atoms with Crippen LogP contribution in [0.15, 0.2) is 71.6 Å². The fourth-order valence-electron chi connectivity index (χ4n) is 4.20. The van der Waals surface area contributed by atoms with Crippen molar-refractivity contribution in [1.29, 1.82) is 0 Å². The summed E-state index contributed by atoms with van der Waals surface area (Å²) in [6, 6.07) is 16.3. The van der Waals surface area contributed by atoms with Crippen LogP contribution >= 0.6 is 23.2 Å². The standard InChI is InChI=1S/C30H35Cl2N3O6S/c1-5-6-17-33-30(37)21(2)34(19-24-25(31)13-10-14-26(24)32)29(36)20-35(42(38,39)23-11-8-7-9-12-23)22-15-16-27(40-3)28(18-22)41-4/h7-16,18,21H,5-6,17,19-20H2,1-4H3,(H,33,37). The van der Waals surface area contributed by atoms with Crippen LogP contribution in [0.4, 0.5) is 5.69 Å². The highest BCUT2D eigenvalue weighted by molar-refractivity contribution is 7.92. The lowest BCUT2D eigenvalue weighted by molar-refractivity contribution is -0.139. The van der Waals surface area contributed by atoms with Gasteiger partial charge in [0, 0.05) is 34.8 Å². The molecule has 0 spiro atoms. The lowest BCUT2D eigenvalue weighted by Crippen LogP contribution is -2.51. The van der Waals surface area contributed by atoms with Crippen molar-refractivity contribution < 1.29 is 27.5 Å². The van der Waals surface area contributed by atoms with Crippen LogP contribution in [0.5, 0.6) is 11.5 Å². The maximum Gasteiger partial charge on any atom is 0.264 e. The first-order chi connectivity index (χ1) is 20.0. The third-order valence-corrected chi connectivity index (χ3v) is 9.15. The van der Waals surface area contributed by atoms with Crippen molar-refractivity contribution in [3.05, 3.63) is 82.3 Å². The van der Waals surface area contributed by atoms with E-state index in [1.807, 2.05) is 6.92 Å². The smallest absolute Gasteiger partial charge is 0.264 e. The zero-order chi connectivity index (χ0) is 30.9. The number of rotatable bonds is 14. The number of halogens is 2. The van der Waals surface area contributed by atoms with Gasteiger partial charge in [0.15, 0.2) is 11.5 Å². The average molecular weight is 637 g/mol. The Kier molecular flexibility index (Phi) is 11.9. The van der Waals surface area contributed by atoms with Crippen molar-refractivity contribution in [1.82, 2.24) is 10.2 Å². The van der Waals surface area contributed by atoms with Crippen LogP contribution in [0.3, 0.4) is 0 Å². The number of benzene rings is 3. The van der Waals surface area contributed by atoms with Crippen molar-refractivity contribution in [2.75, 3.05) is 31.6 Å². The lowest BCUT2D eigenvalue weighted by Gasteiger charge is -2.32. The summed E-state index contributed by atoms with van der Waals surface area (Å²) in [5.41, 5.74) is 0.603. The second-order valence-corrected chi connectivity index (χ2v) is 12.1. The number of carbonyl (C=O) groups excluding carboxylic acids is 2. The Balaban J connectivity index is 2.08. The molecule has 0 bridgehead atoms. The number of hydrogen-bond acceptors (Lipinski definition) is 6. The number of carbonyl (C=O) groups is 2. The predicted molar refractivity (Wildman–Crippen MR) is 165 cm³/mol. The van der Waals surface area contributed by atoms with E-state index in [1.165, 1.54) is 43.4 Å². The number of nitrogens with zero attached hydrogens (tertiary/aromatic N) is 2. The van der Waals surface area contributed by atoms with Crippen LogP contribution in [-0.4, -0.2) is 58.5 Å². The quantitative estimate of drug-likeness (QED) is 0.233. The van der Waals surface area contributed by atoms with Gasteiger partial charge < -0.3 is 19.7 Å². The highest BCUT2D eigenvalue weighted by atomic mass is 35.5. The topological polar surface area (TPSA) is 105 Å².